The number of nitrogens with zero attached hydrogens (tertiary/aromatic N) is 1. The highest BCUT2D eigenvalue weighted by atomic mass is 79.9. The van der Waals surface area contributed by atoms with Crippen LogP contribution >= 0.6 is 27.5 Å². The fraction of sp³-hybridized carbons (Fsp3) is 0.200. The molecule has 1 aromatic carbocycles. The number of nitrogens with one attached hydrogen (secondary N) is 1. The highest BCUT2D eigenvalue weighted by molar-refractivity contribution is 9.10. The summed E-state index contributed by atoms with van der Waals surface area (Å²) in [6, 6.07) is 6.04. The third-order valence-corrected chi connectivity index (χ3v) is 5.46. The largest absolute Gasteiger partial charge is 0.496 e. The summed E-state index contributed by atoms with van der Waals surface area (Å²) in [6.07, 6.45) is 1.40. The molecule has 0 spiro atoms. The number of pyridine rings is 1. The van der Waals surface area contributed by atoms with Gasteiger partial charge in [0.2, 0.25) is 10.0 Å². The van der Waals surface area contributed by atoms with Gasteiger partial charge < -0.3 is 9.47 Å². The zero-order chi connectivity index (χ0) is 18.6. The van der Waals surface area contributed by atoms with Crippen LogP contribution in [0, 0.1) is 0 Å². The number of hydrogen-bond acceptors (Lipinski definition) is 6. The van der Waals surface area contributed by atoms with Crippen LogP contribution in [0.3, 0.4) is 0 Å². The molecule has 10 heteroatoms. The van der Waals surface area contributed by atoms with E-state index in [4.69, 9.17) is 16.3 Å². The van der Waals surface area contributed by atoms with E-state index >= 15 is 0 Å². The minimum Gasteiger partial charge on any atom is -0.496 e. The second-order valence-corrected chi connectivity index (χ2v) is 7.80. The van der Waals surface area contributed by atoms with Crippen molar-refractivity contribution >= 4 is 43.5 Å². The first-order valence-corrected chi connectivity index (χ1v) is 9.50. The molecule has 0 aliphatic heterocycles. The summed E-state index contributed by atoms with van der Waals surface area (Å²) in [5, 5.41) is -0.138. The van der Waals surface area contributed by atoms with E-state index in [0.717, 1.165) is 0 Å². The summed E-state index contributed by atoms with van der Waals surface area (Å²) in [4.78, 5) is 15.4. The number of sulfonamides is 1. The van der Waals surface area contributed by atoms with Crippen molar-refractivity contribution in [3.05, 3.63) is 51.2 Å². The third-order valence-electron chi connectivity index (χ3n) is 3.20. The topological polar surface area (TPSA) is 94.6 Å². The molecule has 0 bridgehead atoms. The van der Waals surface area contributed by atoms with Gasteiger partial charge in [0.05, 0.1) is 14.2 Å². The van der Waals surface area contributed by atoms with Crippen LogP contribution in [0.5, 0.6) is 5.75 Å². The lowest BCUT2D eigenvalue weighted by molar-refractivity contribution is 0.0597. The van der Waals surface area contributed by atoms with Crippen molar-refractivity contribution in [1.82, 2.24) is 9.71 Å². The van der Waals surface area contributed by atoms with Gasteiger partial charge in [-0.05, 0) is 39.7 Å². The number of ether oxygens (including phenoxy) is 2. The van der Waals surface area contributed by atoms with Crippen molar-refractivity contribution in [2.24, 2.45) is 0 Å². The van der Waals surface area contributed by atoms with E-state index in [9.17, 15) is 13.2 Å². The quantitative estimate of drug-likeness (QED) is 0.538. The van der Waals surface area contributed by atoms with Crippen LogP contribution in [-0.4, -0.2) is 33.6 Å². The van der Waals surface area contributed by atoms with Crippen molar-refractivity contribution in [2.45, 2.75) is 11.4 Å². The molecule has 2 aromatic rings. The highest BCUT2D eigenvalue weighted by Gasteiger charge is 2.20. The van der Waals surface area contributed by atoms with Gasteiger partial charge in [-0.15, -0.1) is 0 Å². The molecule has 0 amide bonds. The molecule has 25 heavy (non-hydrogen) atoms. The van der Waals surface area contributed by atoms with E-state index < -0.39 is 16.0 Å². The summed E-state index contributed by atoms with van der Waals surface area (Å²) in [5.41, 5.74) is 0.743. The Kier molecular flexibility index (Phi) is 6.39. The molecule has 7 nitrogen and oxygen atoms in total. The fourth-order valence-corrected chi connectivity index (χ4v) is 3.94. The number of carbonyl (C=O) groups is 1. The minimum atomic E-state index is -3.89. The van der Waals surface area contributed by atoms with Crippen molar-refractivity contribution in [3.63, 3.8) is 0 Å². The summed E-state index contributed by atoms with van der Waals surface area (Å²) >= 11 is 9.01. The molecule has 1 heterocycles. The Balaban J connectivity index is 2.26. The molecular weight excluding hydrogens is 436 g/mol. The van der Waals surface area contributed by atoms with E-state index in [0.29, 0.717) is 15.8 Å². The zero-order valence-corrected chi connectivity index (χ0v) is 16.4. The molecule has 0 saturated heterocycles. The Morgan fingerprint density at radius 1 is 1.32 bits per heavy atom. The van der Waals surface area contributed by atoms with Gasteiger partial charge in [0.25, 0.3) is 0 Å². The van der Waals surface area contributed by atoms with Crippen LogP contribution in [0.1, 0.15) is 15.9 Å². The molecule has 0 radical (unpaired) electrons. The first kappa shape index (κ1) is 19.6. The number of methoxy groups -OCH3 is 2. The average molecular weight is 450 g/mol. The maximum absolute atomic E-state index is 12.4. The molecule has 0 fully saturated rings. The van der Waals surface area contributed by atoms with E-state index in [1.807, 2.05) is 0 Å². The summed E-state index contributed by atoms with van der Waals surface area (Å²) in [7, 11) is -1.22. The molecule has 2 rings (SSSR count). The van der Waals surface area contributed by atoms with Crippen LogP contribution in [-0.2, 0) is 21.3 Å². The molecule has 134 valence electrons. The lowest BCUT2D eigenvalue weighted by atomic mass is 10.1. The number of aromatic nitrogens is 1. The van der Waals surface area contributed by atoms with Gasteiger partial charge in [-0.25, -0.2) is 22.9 Å². The van der Waals surface area contributed by atoms with Gasteiger partial charge in [0.15, 0.2) is 0 Å². The van der Waals surface area contributed by atoms with E-state index in [1.165, 1.54) is 32.5 Å². The molecule has 0 aliphatic carbocycles. The highest BCUT2D eigenvalue weighted by Crippen LogP contribution is 2.24. The zero-order valence-electron chi connectivity index (χ0n) is 13.2. The van der Waals surface area contributed by atoms with Crippen molar-refractivity contribution in [2.75, 3.05) is 14.2 Å². The number of rotatable bonds is 6. The van der Waals surface area contributed by atoms with E-state index in [-0.39, 0.29) is 22.2 Å². The van der Waals surface area contributed by atoms with E-state index in [2.05, 4.69) is 30.4 Å². The maximum Gasteiger partial charge on any atom is 0.341 e. The Hall–Kier alpha value is -1.68. The molecular formula is C15H14BrClN2O5S. The Labute approximate surface area is 158 Å². The minimum absolute atomic E-state index is 0.0564. The molecule has 0 saturated carbocycles. The van der Waals surface area contributed by atoms with Gasteiger partial charge in [-0.2, -0.15) is 0 Å². The first-order chi connectivity index (χ1) is 11.8. The second-order valence-electron chi connectivity index (χ2n) is 4.79. The Bertz CT molecular complexity index is 905. The second kappa shape index (κ2) is 8.13. The number of halogens is 2. The fourth-order valence-electron chi connectivity index (χ4n) is 1.98. The molecule has 0 unspecified atom stereocenters. The Morgan fingerprint density at radius 3 is 2.68 bits per heavy atom. The van der Waals surface area contributed by atoms with Crippen LogP contribution in [0.15, 0.2) is 39.8 Å². The standard InChI is InChI=1S/C15H14BrClN2O5S/c1-23-12-4-3-9(5-11(12)15(20)24-2)7-19-25(21,22)13-6-10(16)8-18-14(13)17/h3-6,8,19H,7H2,1-2H3. The average Bonchev–Trinajstić information content (AvgIpc) is 2.61. The normalized spacial score (nSPS) is 11.2. The third kappa shape index (κ3) is 4.69. The number of hydrogen-bond donors (Lipinski definition) is 1. The summed E-state index contributed by atoms with van der Waals surface area (Å²) in [5.74, 6) is -0.251. The smallest absolute Gasteiger partial charge is 0.341 e. The van der Waals surface area contributed by atoms with E-state index in [1.54, 1.807) is 12.1 Å². The number of esters is 1. The van der Waals surface area contributed by atoms with Gasteiger partial charge in [-0.3, -0.25) is 0 Å². The van der Waals surface area contributed by atoms with Crippen LogP contribution in [0.4, 0.5) is 0 Å². The predicted octanol–water partition coefficient (Wildman–Crippen LogP) is 2.77. The molecule has 0 atom stereocenters. The Morgan fingerprint density at radius 2 is 2.04 bits per heavy atom. The maximum atomic E-state index is 12.4. The monoisotopic (exact) mass is 448 g/mol. The number of carbonyl (C=O) groups excluding carboxylic acids is 1. The molecule has 1 aromatic heterocycles. The van der Waals surface area contributed by atoms with Crippen molar-refractivity contribution < 1.29 is 22.7 Å². The summed E-state index contributed by atoms with van der Waals surface area (Å²) < 4.78 is 37.5. The van der Waals surface area contributed by atoms with Gasteiger partial charge in [0.1, 0.15) is 21.4 Å². The first-order valence-electron chi connectivity index (χ1n) is 6.84. The molecule has 0 aliphatic rings. The van der Waals surface area contributed by atoms with Crippen molar-refractivity contribution in [3.8, 4) is 5.75 Å². The SMILES string of the molecule is COC(=O)c1cc(CNS(=O)(=O)c2cc(Br)cnc2Cl)ccc1OC. The van der Waals surface area contributed by atoms with Crippen molar-refractivity contribution in [1.29, 1.82) is 0 Å². The summed E-state index contributed by atoms with van der Waals surface area (Å²) in [6.45, 7) is -0.0564. The lowest BCUT2D eigenvalue weighted by Gasteiger charge is -2.11. The van der Waals surface area contributed by atoms with Gasteiger partial charge in [-0.1, -0.05) is 17.7 Å². The number of benzene rings is 1. The van der Waals surface area contributed by atoms with Crippen LogP contribution in [0.25, 0.3) is 0 Å². The van der Waals surface area contributed by atoms with Crippen LogP contribution < -0.4 is 9.46 Å². The van der Waals surface area contributed by atoms with Gasteiger partial charge in [0, 0.05) is 17.2 Å². The van der Waals surface area contributed by atoms with Crippen LogP contribution in [0.2, 0.25) is 5.15 Å². The lowest BCUT2D eigenvalue weighted by Crippen LogP contribution is -2.24. The predicted molar refractivity (Wildman–Crippen MR) is 95.3 cm³/mol. The molecule has 1 N–H and O–H groups in total. The van der Waals surface area contributed by atoms with Gasteiger partial charge >= 0.3 is 5.97 Å².